The van der Waals surface area contributed by atoms with E-state index in [1.165, 1.54) is 12.1 Å². The summed E-state index contributed by atoms with van der Waals surface area (Å²) in [6.07, 6.45) is 3.02. The summed E-state index contributed by atoms with van der Waals surface area (Å²) >= 11 is 3.74. The molecule has 0 spiro atoms. The van der Waals surface area contributed by atoms with Crippen LogP contribution in [0.1, 0.15) is 13.3 Å². The fourth-order valence-electron chi connectivity index (χ4n) is 1.96. The van der Waals surface area contributed by atoms with Crippen LogP contribution < -0.4 is 9.64 Å². The highest BCUT2D eigenvalue weighted by atomic mass is 79.9. The third-order valence-corrected chi connectivity index (χ3v) is 4.35. The molecule has 0 aliphatic carbocycles. The Balaban J connectivity index is 2.12. The fraction of sp³-hybridized carbons (Fsp3) is 0.583. The number of hydrogen-bond donors (Lipinski definition) is 0. The number of halogens is 1. The summed E-state index contributed by atoms with van der Waals surface area (Å²) in [6, 6.07) is 4.04. The first-order chi connectivity index (χ1) is 7.70. The molecule has 4 heteroatoms. The van der Waals surface area contributed by atoms with Crippen molar-refractivity contribution in [3.05, 3.63) is 18.3 Å². The van der Waals surface area contributed by atoms with Gasteiger partial charge in [-0.3, -0.25) is 0 Å². The first kappa shape index (κ1) is 11.7. The molecule has 3 nitrogen and oxygen atoms in total. The Kier molecular flexibility index (Phi) is 3.69. The van der Waals surface area contributed by atoms with Gasteiger partial charge in [0.05, 0.1) is 7.11 Å². The Morgan fingerprint density at radius 1 is 1.56 bits per heavy atom. The maximum atomic E-state index is 5.14. The number of methoxy groups -OCH3 is 1. The maximum Gasteiger partial charge on any atom is 0.214 e. The van der Waals surface area contributed by atoms with Crippen LogP contribution in [0.3, 0.4) is 0 Å². The van der Waals surface area contributed by atoms with Gasteiger partial charge in [-0.15, -0.1) is 0 Å². The molecule has 88 valence electrons. The van der Waals surface area contributed by atoms with Crippen molar-refractivity contribution in [1.82, 2.24) is 4.98 Å². The highest BCUT2D eigenvalue weighted by molar-refractivity contribution is 9.09. The first-order valence-electron chi connectivity index (χ1n) is 5.59. The summed E-state index contributed by atoms with van der Waals surface area (Å²) in [5.74, 6) is 1.43. The predicted octanol–water partition coefficient (Wildman–Crippen LogP) is 2.70. The zero-order chi connectivity index (χ0) is 11.5. The van der Waals surface area contributed by atoms with Crippen molar-refractivity contribution in [3.63, 3.8) is 0 Å². The molecule has 16 heavy (non-hydrogen) atoms. The smallest absolute Gasteiger partial charge is 0.214 e. The maximum absolute atomic E-state index is 5.14. The molecule has 0 radical (unpaired) electrons. The lowest BCUT2D eigenvalue weighted by Gasteiger charge is -2.35. The Morgan fingerprint density at radius 2 is 2.38 bits per heavy atom. The lowest BCUT2D eigenvalue weighted by atomic mass is 9.99. The van der Waals surface area contributed by atoms with Gasteiger partial charge in [-0.2, -0.15) is 0 Å². The van der Waals surface area contributed by atoms with Crippen molar-refractivity contribution < 1.29 is 4.74 Å². The normalized spacial score (nSPS) is 25.6. The van der Waals surface area contributed by atoms with E-state index in [0.717, 1.165) is 19.0 Å². The summed E-state index contributed by atoms with van der Waals surface area (Å²) in [5, 5.41) is 0. The molecule has 2 rings (SSSR count). The second-order valence-corrected chi connectivity index (χ2v) is 5.46. The average Bonchev–Trinajstić information content (AvgIpc) is 2.33. The van der Waals surface area contributed by atoms with Crippen LogP contribution in [0.2, 0.25) is 0 Å². The average molecular weight is 285 g/mol. The number of ether oxygens (including phenoxy) is 1. The fourth-order valence-corrected chi connectivity index (χ4v) is 2.58. The van der Waals surface area contributed by atoms with Gasteiger partial charge < -0.3 is 9.64 Å². The van der Waals surface area contributed by atoms with E-state index in [-0.39, 0.29) is 0 Å². The van der Waals surface area contributed by atoms with Gasteiger partial charge in [0, 0.05) is 35.9 Å². The lowest BCUT2D eigenvalue weighted by Crippen LogP contribution is -2.40. The minimum atomic E-state index is 0.570. The number of anilines is 1. The SMILES string of the molecule is COc1cc(N2CCC(C)C(Br)C2)ccn1. The van der Waals surface area contributed by atoms with Gasteiger partial charge >= 0.3 is 0 Å². The number of hydrogen-bond acceptors (Lipinski definition) is 3. The van der Waals surface area contributed by atoms with Crippen LogP contribution in [0.25, 0.3) is 0 Å². The third-order valence-electron chi connectivity index (χ3n) is 3.16. The number of pyridine rings is 1. The highest BCUT2D eigenvalue weighted by Crippen LogP contribution is 2.28. The summed E-state index contributed by atoms with van der Waals surface area (Å²) in [5.41, 5.74) is 1.20. The molecule has 1 aromatic heterocycles. The van der Waals surface area contributed by atoms with E-state index in [9.17, 15) is 0 Å². The van der Waals surface area contributed by atoms with E-state index < -0.39 is 0 Å². The van der Waals surface area contributed by atoms with E-state index in [2.05, 4.69) is 32.7 Å². The van der Waals surface area contributed by atoms with Crippen molar-refractivity contribution >= 4 is 21.6 Å². The van der Waals surface area contributed by atoms with Gasteiger partial charge in [0.1, 0.15) is 0 Å². The lowest BCUT2D eigenvalue weighted by molar-refractivity contribution is 0.397. The van der Waals surface area contributed by atoms with Crippen LogP contribution in [0, 0.1) is 5.92 Å². The zero-order valence-corrected chi connectivity index (χ0v) is 11.3. The summed E-state index contributed by atoms with van der Waals surface area (Å²) in [4.78, 5) is 7.07. The van der Waals surface area contributed by atoms with Crippen LogP contribution in [0.5, 0.6) is 5.88 Å². The van der Waals surface area contributed by atoms with Gasteiger partial charge in [-0.1, -0.05) is 22.9 Å². The number of nitrogens with zero attached hydrogens (tertiary/aromatic N) is 2. The van der Waals surface area contributed by atoms with Crippen LogP contribution in [-0.4, -0.2) is 30.0 Å². The second-order valence-electron chi connectivity index (χ2n) is 4.28. The molecule has 0 saturated carbocycles. The standard InChI is InChI=1S/C12H17BrN2O/c1-9-4-6-15(8-11(9)13)10-3-5-14-12(7-10)16-2/h3,5,7,9,11H,4,6,8H2,1-2H3. The van der Waals surface area contributed by atoms with Crippen molar-refractivity contribution in [3.8, 4) is 5.88 Å². The molecule has 0 aromatic carbocycles. The van der Waals surface area contributed by atoms with Crippen molar-refractivity contribution in [2.24, 2.45) is 5.92 Å². The molecular weight excluding hydrogens is 268 g/mol. The molecule has 2 unspecified atom stereocenters. The molecule has 0 N–H and O–H groups in total. The van der Waals surface area contributed by atoms with Gasteiger partial charge in [0.15, 0.2) is 0 Å². The first-order valence-corrected chi connectivity index (χ1v) is 6.51. The van der Waals surface area contributed by atoms with Crippen LogP contribution in [-0.2, 0) is 0 Å². The summed E-state index contributed by atoms with van der Waals surface area (Å²) < 4.78 is 5.14. The Labute approximate surface area is 105 Å². The molecule has 1 aliphatic rings. The van der Waals surface area contributed by atoms with Crippen molar-refractivity contribution in [2.45, 2.75) is 18.2 Å². The molecule has 0 amide bonds. The topological polar surface area (TPSA) is 25.4 Å². The zero-order valence-electron chi connectivity index (χ0n) is 9.69. The molecule has 2 heterocycles. The second kappa shape index (κ2) is 5.04. The van der Waals surface area contributed by atoms with Gasteiger partial charge in [0.2, 0.25) is 5.88 Å². The predicted molar refractivity (Wildman–Crippen MR) is 69.5 cm³/mol. The van der Waals surface area contributed by atoms with Crippen LogP contribution in [0.4, 0.5) is 5.69 Å². The molecule has 0 bridgehead atoms. The molecule has 2 atom stereocenters. The molecule has 1 aliphatic heterocycles. The van der Waals surface area contributed by atoms with Gasteiger partial charge in [-0.25, -0.2) is 4.98 Å². The van der Waals surface area contributed by atoms with Crippen LogP contribution in [0.15, 0.2) is 18.3 Å². The highest BCUT2D eigenvalue weighted by Gasteiger charge is 2.24. The van der Waals surface area contributed by atoms with Gasteiger partial charge in [0.25, 0.3) is 0 Å². The van der Waals surface area contributed by atoms with E-state index >= 15 is 0 Å². The minimum Gasteiger partial charge on any atom is -0.481 e. The molecule has 1 saturated heterocycles. The monoisotopic (exact) mass is 284 g/mol. The molecule has 1 fully saturated rings. The van der Waals surface area contributed by atoms with Crippen molar-refractivity contribution in [1.29, 1.82) is 0 Å². The Morgan fingerprint density at radius 3 is 3.06 bits per heavy atom. The van der Waals surface area contributed by atoms with E-state index in [0.29, 0.717) is 10.7 Å². The summed E-state index contributed by atoms with van der Waals surface area (Å²) in [7, 11) is 1.65. The number of aromatic nitrogens is 1. The number of rotatable bonds is 2. The quantitative estimate of drug-likeness (QED) is 0.781. The van der Waals surface area contributed by atoms with Crippen LogP contribution >= 0.6 is 15.9 Å². The number of piperidine rings is 1. The largest absolute Gasteiger partial charge is 0.481 e. The van der Waals surface area contributed by atoms with E-state index in [1.807, 2.05) is 12.1 Å². The summed E-state index contributed by atoms with van der Waals surface area (Å²) in [6.45, 7) is 4.45. The Bertz CT molecular complexity index is 359. The third kappa shape index (κ3) is 2.48. The molecule has 1 aromatic rings. The van der Waals surface area contributed by atoms with Crippen molar-refractivity contribution in [2.75, 3.05) is 25.1 Å². The van der Waals surface area contributed by atoms with E-state index in [1.54, 1.807) is 13.3 Å². The number of alkyl halides is 1. The van der Waals surface area contributed by atoms with E-state index in [4.69, 9.17) is 4.74 Å². The van der Waals surface area contributed by atoms with Gasteiger partial charge in [-0.05, 0) is 18.4 Å². The molecular formula is C12H17BrN2O. The Hall–Kier alpha value is -0.770. The minimum absolute atomic E-state index is 0.570.